The normalized spacial score (nSPS) is 10.8. The Kier molecular flexibility index (Phi) is 3.68. The number of H-pyrrole nitrogens is 1. The van der Waals surface area contributed by atoms with Gasteiger partial charge in [0, 0.05) is 16.6 Å². The van der Waals surface area contributed by atoms with E-state index in [2.05, 4.69) is 4.98 Å². The fourth-order valence-corrected chi connectivity index (χ4v) is 3.08. The molecule has 0 aliphatic carbocycles. The Hall–Kier alpha value is -2.60. The topological polar surface area (TPSA) is 85.2 Å². The Morgan fingerprint density at radius 3 is 2.77 bits per heavy atom. The van der Waals surface area contributed by atoms with Crippen LogP contribution in [0.3, 0.4) is 0 Å². The number of aryl methyl sites for hydroxylation is 1. The minimum absolute atomic E-state index is 0.198. The van der Waals surface area contributed by atoms with Crippen molar-refractivity contribution in [1.82, 2.24) is 4.98 Å². The SMILES string of the molecule is Cc1sccc1-c1c[nH]c(=O)c2cc(OCC(N)=O)ccc12. The molecule has 112 valence electrons. The van der Waals surface area contributed by atoms with Crippen LogP contribution in [0, 0.1) is 6.92 Å². The van der Waals surface area contributed by atoms with E-state index in [1.165, 1.54) is 4.88 Å². The molecule has 6 heteroatoms. The summed E-state index contributed by atoms with van der Waals surface area (Å²) in [6.45, 7) is 1.83. The van der Waals surface area contributed by atoms with Gasteiger partial charge in [-0.1, -0.05) is 0 Å². The van der Waals surface area contributed by atoms with Crippen molar-refractivity contribution in [2.24, 2.45) is 5.73 Å². The summed E-state index contributed by atoms with van der Waals surface area (Å²) in [5.74, 6) is -0.118. The van der Waals surface area contributed by atoms with Crippen LogP contribution in [0.1, 0.15) is 4.88 Å². The maximum absolute atomic E-state index is 12.1. The number of rotatable bonds is 4. The minimum Gasteiger partial charge on any atom is -0.484 e. The molecule has 2 aromatic heterocycles. The van der Waals surface area contributed by atoms with Crippen molar-refractivity contribution in [2.45, 2.75) is 6.92 Å². The number of ether oxygens (including phenoxy) is 1. The van der Waals surface area contributed by atoms with Gasteiger partial charge in [-0.2, -0.15) is 0 Å². The molecule has 0 bridgehead atoms. The molecule has 0 saturated carbocycles. The molecule has 0 fully saturated rings. The molecular weight excluding hydrogens is 300 g/mol. The van der Waals surface area contributed by atoms with Gasteiger partial charge in [-0.05, 0) is 47.5 Å². The molecule has 1 aromatic carbocycles. The van der Waals surface area contributed by atoms with E-state index in [0.29, 0.717) is 11.1 Å². The number of aromatic nitrogens is 1. The van der Waals surface area contributed by atoms with Crippen LogP contribution in [-0.2, 0) is 4.79 Å². The van der Waals surface area contributed by atoms with E-state index in [-0.39, 0.29) is 12.2 Å². The Morgan fingerprint density at radius 1 is 1.27 bits per heavy atom. The Bertz CT molecular complexity index is 911. The predicted molar refractivity (Wildman–Crippen MR) is 87.3 cm³/mol. The standard InChI is InChI=1S/C16H14N2O3S/c1-9-11(4-5-22-9)14-7-18-16(20)13-6-10(2-3-12(13)14)21-8-15(17)19/h2-7H,8H2,1H3,(H2,17,19)(H,18,20). The maximum Gasteiger partial charge on any atom is 0.255 e. The molecule has 3 N–H and O–H groups in total. The molecule has 0 aliphatic rings. The molecule has 22 heavy (non-hydrogen) atoms. The van der Waals surface area contributed by atoms with Gasteiger partial charge in [-0.25, -0.2) is 0 Å². The van der Waals surface area contributed by atoms with Gasteiger partial charge in [0.1, 0.15) is 5.75 Å². The molecule has 0 unspecified atom stereocenters. The molecular formula is C16H14N2O3S. The number of nitrogens with two attached hydrogens (primary N) is 1. The lowest BCUT2D eigenvalue weighted by Gasteiger charge is -2.08. The van der Waals surface area contributed by atoms with E-state index in [1.807, 2.05) is 24.4 Å². The number of primary amides is 1. The smallest absolute Gasteiger partial charge is 0.255 e. The number of nitrogens with one attached hydrogen (secondary N) is 1. The summed E-state index contributed by atoms with van der Waals surface area (Å²) >= 11 is 1.66. The second kappa shape index (κ2) is 5.65. The maximum atomic E-state index is 12.1. The lowest BCUT2D eigenvalue weighted by molar-refractivity contribution is -0.119. The molecule has 5 nitrogen and oxygen atoms in total. The fraction of sp³-hybridized carbons (Fsp3) is 0.125. The molecule has 1 amide bonds. The summed E-state index contributed by atoms with van der Waals surface area (Å²) in [6.07, 6.45) is 1.73. The average Bonchev–Trinajstić information content (AvgIpc) is 2.92. The van der Waals surface area contributed by atoms with Gasteiger partial charge in [0.2, 0.25) is 0 Å². The highest BCUT2D eigenvalue weighted by Gasteiger charge is 2.11. The predicted octanol–water partition coefficient (Wildman–Crippen LogP) is 2.43. The zero-order valence-corrected chi connectivity index (χ0v) is 12.7. The highest BCUT2D eigenvalue weighted by molar-refractivity contribution is 7.10. The van der Waals surface area contributed by atoms with E-state index in [0.717, 1.165) is 16.5 Å². The summed E-state index contributed by atoms with van der Waals surface area (Å²) in [7, 11) is 0. The first-order valence-corrected chi connectivity index (χ1v) is 7.55. The Morgan fingerprint density at radius 2 is 2.09 bits per heavy atom. The van der Waals surface area contributed by atoms with Crippen LogP contribution in [0.15, 0.2) is 40.6 Å². The van der Waals surface area contributed by atoms with Gasteiger partial charge in [0.15, 0.2) is 6.61 Å². The second-order valence-electron chi connectivity index (χ2n) is 4.88. The molecule has 2 heterocycles. The van der Waals surface area contributed by atoms with Crippen LogP contribution in [0.5, 0.6) is 5.75 Å². The van der Waals surface area contributed by atoms with Crippen molar-refractivity contribution in [1.29, 1.82) is 0 Å². The third-order valence-corrected chi connectivity index (χ3v) is 4.25. The molecule has 0 radical (unpaired) electrons. The van der Waals surface area contributed by atoms with E-state index in [9.17, 15) is 9.59 Å². The molecule has 3 aromatic rings. The van der Waals surface area contributed by atoms with E-state index >= 15 is 0 Å². The first-order chi connectivity index (χ1) is 10.6. The zero-order valence-electron chi connectivity index (χ0n) is 11.9. The van der Waals surface area contributed by atoms with Gasteiger partial charge in [-0.15, -0.1) is 11.3 Å². The number of aromatic amines is 1. The summed E-state index contributed by atoms with van der Waals surface area (Å²) in [5, 5.41) is 3.38. The van der Waals surface area contributed by atoms with Crippen LogP contribution < -0.4 is 16.0 Å². The van der Waals surface area contributed by atoms with E-state index < -0.39 is 5.91 Å². The highest BCUT2D eigenvalue weighted by atomic mass is 32.1. The van der Waals surface area contributed by atoms with E-state index in [1.54, 1.807) is 29.7 Å². The average molecular weight is 314 g/mol. The van der Waals surface area contributed by atoms with Crippen molar-refractivity contribution in [2.75, 3.05) is 6.61 Å². The van der Waals surface area contributed by atoms with Crippen molar-refractivity contribution >= 4 is 28.0 Å². The minimum atomic E-state index is -0.559. The number of carbonyl (C=O) groups excluding carboxylic acids is 1. The lowest BCUT2D eigenvalue weighted by atomic mass is 10.0. The van der Waals surface area contributed by atoms with Gasteiger partial charge >= 0.3 is 0 Å². The molecule has 3 rings (SSSR count). The zero-order chi connectivity index (χ0) is 15.7. The van der Waals surface area contributed by atoms with Crippen molar-refractivity contribution in [3.8, 4) is 16.9 Å². The number of fused-ring (bicyclic) bond motifs is 1. The summed E-state index contributed by atoms with van der Waals surface area (Å²) in [6, 6.07) is 7.22. The first kappa shape index (κ1) is 14.3. The van der Waals surface area contributed by atoms with Crippen LogP contribution in [0.2, 0.25) is 0 Å². The number of amides is 1. The van der Waals surface area contributed by atoms with Crippen LogP contribution >= 0.6 is 11.3 Å². The van der Waals surface area contributed by atoms with Gasteiger partial charge in [-0.3, -0.25) is 9.59 Å². The highest BCUT2D eigenvalue weighted by Crippen LogP contribution is 2.32. The van der Waals surface area contributed by atoms with Crippen LogP contribution in [0.4, 0.5) is 0 Å². The Balaban J connectivity index is 2.14. The summed E-state index contributed by atoms with van der Waals surface area (Å²) in [5.41, 5.74) is 6.92. The largest absolute Gasteiger partial charge is 0.484 e. The molecule has 0 atom stereocenters. The second-order valence-corrected chi connectivity index (χ2v) is 6.00. The number of benzene rings is 1. The number of pyridine rings is 1. The van der Waals surface area contributed by atoms with E-state index in [4.69, 9.17) is 10.5 Å². The van der Waals surface area contributed by atoms with Gasteiger partial charge in [0.25, 0.3) is 11.5 Å². The summed E-state index contributed by atoms with van der Waals surface area (Å²) < 4.78 is 5.26. The molecule has 0 spiro atoms. The third kappa shape index (κ3) is 2.60. The van der Waals surface area contributed by atoms with Crippen LogP contribution in [-0.4, -0.2) is 17.5 Å². The third-order valence-electron chi connectivity index (χ3n) is 3.40. The quantitative estimate of drug-likeness (QED) is 0.775. The number of hydrogen-bond acceptors (Lipinski definition) is 4. The Labute approximate surface area is 130 Å². The van der Waals surface area contributed by atoms with Gasteiger partial charge < -0.3 is 15.5 Å². The fourth-order valence-electron chi connectivity index (χ4n) is 2.37. The van der Waals surface area contributed by atoms with Crippen molar-refractivity contribution in [3.63, 3.8) is 0 Å². The monoisotopic (exact) mass is 314 g/mol. The summed E-state index contributed by atoms with van der Waals surface area (Å²) in [4.78, 5) is 26.8. The van der Waals surface area contributed by atoms with Crippen LogP contribution in [0.25, 0.3) is 21.9 Å². The number of carbonyl (C=O) groups is 1. The number of hydrogen-bond donors (Lipinski definition) is 2. The van der Waals surface area contributed by atoms with Gasteiger partial charge in [0.05, 0.1) is 5.39 Å². The lowest BCUT2D eigenvalue weighted by Crippen LogP contribution is -2.20. The van der Waals surface area contributed by atoms with Crippen molar-refractivity contribution < 1.29 is 9.53 Å². The first-order valence-electron chi connectivity index (χ1n) is 6.67. The molecule has 0 saturated heterocycles. The van der Waals surface area contributed by atoms with Crippen molar-refractivity contribution in [3.05, 3.63) is 51.1 Å². The number of thiophene rings is 1. The molecule has 0 aliphatic heterocycles.